The molecule has 7 rings (SSSR count). The van der Waals surface area contributed by atoms with Crippen LogP contribution in [0.1, 0.15) is 86.7 Å². The lowest BCUT2D eigenvalue weighted by Crippen LogP contribution is -2.82. The summed E-state index contributed by atoms with van der Waals surface area (Å²) >= 11 is 0. The number of esters is 4. The van der Waals surface area contributed by atoms with E-state index in [1.54, 1.807) is 99.6 Å². The molecule has 2 bridgehead atoms. The van der Waals surface area contributed by atoms with Crippen molar-refractivity contribution in [1.82, 2.24) is 5.32 Å². The third-order valence-electron chi connectivity index (χ3n) is 13.7. The van der Waals surface area contributed by atoms with Crippen LogP contribution in [-0.4, -0.2) is 105 Å². The monoisotopic (exact) mass is 879 g/mol. The SMILES string of the molecule is C/C=C/C(=O)O[C@@]12CO[C@@H]1C[C@H](O)[C@@]1(C)C(=O)[C@H](OC(C)=O)C3=C(C)[C@@H](OC(=O)[C@H](O)[C@@H](NC(=O)c4ccccc4)c4ccccc4)C[C@@](O)([C@@H](OC(=O)c4ccccc4)[C@H]21)C3(C)C. The number of ether oxygens (including phenoxy) is 5. The first kappa shape index (κ1) is 46.0. The van der Waals surface area contributed by atoms with Crippen LogP contribution < -0.4 is 5.32 Å². The average molecular weight is 880 g/mol. The number of Topliss-reactive ketones (excluding diaryl/α,β-unsaturated/α-hetero) is 1. The molecule has 4 N–H and O–H groups in total. The van der Waals surface area contributed by atoms with E-state index in [0.29, 0.717) is 5.56 Å². The summed E-state index contributed by atoms with van der Waals surface area (Å²) in [7, 11) is 0. The van der Waals surface area contributed by atoms with Crippen LogP contribution in [0.2, 0.25) is 0 Å². The van der Waals surface area contributed by atoms with Gasteiger partial charge in [0.05, 0.1) is 35.6 Å². The molecule has 0 unspecified atom stereocenters. The van der Waals surface area contributed by atoms with Crippen LogP contribution in [0, 0.1) is 16.7 Å². The predicted molar refractivity (Wildman–Crippen MR) is 227 cm³/mol. The number of allylic oxidation sites excluding steroid dienone is 1. The van der Waals surface area contributed by atoms with E-state index in [2.05, 4.69) is 5.32 Å². The van der Waals surface area contributed by atoms with Gasteiger partial charge in [-0.15, -0.1) is 0 Å². The lowest BCUT2D eigenvalue weighted by Gasteiger charge is -2.67. The Hall–Kier alpha value is -6.00. The van der Waals surface area contributed by atoms with Crippen molar-refractivity contribution < 1.29 is 67.8 Å². The Morgan fingerprint density at radius 2 is 1.47 bits per heavy atom. The fourth-order valence-corrected chi connectivity index (χ4v) is 10.3. The van der Waals surface area contributed by atoms with E-state index in [0.717, 1.165) is 13.0 Å². The van der Waals surface area contributed by atoms with E-state index >= 15 is 4.79 Å². The van der Waals surface area contributed by atoms with Crippen molar-refractivity contribution in [2.75, 3.05) is 6.61 Å². The highest BCUT2D eigenvalue weighted by molar-refractivity contribution is 5.96. The second-order valence-corrected chi connectivity index (χ2v) is 17.7. The third-order valence-corrected chi connectivity index (χ3v) is 13.7. The van der Waals surface area contributed by atoms with Gasteiger partial charge in [-0.2, -0.15) is 0 Å². The molecule has 3 fully saturated rings. The zero-order chi connectivity index (χ0) is 46.4. The summed E-state index contributed by atoms with van der Waals surface area (Å²) in [4.78, 5) is 84.3. The number of amides is 1. The number of rotatable bonds is 11. The van der Waals surface area contributed by atoms with Gasteiger partial charge in [0.1, 0.15) is 23.9 Å². The summed E-state index contributed by atoms with van der Waals surface area (Å²) in [5.74, 6) is -6.96. The van der Waals surface area contributed by atoms with Gasteiger partial charge in [-0.1, -0.05) is 86.7 Å². The van der Waals surface area contributed by atoms with Crippen LogP contribution >= 0.6 is 0 Å². The number of benzene rings is 3. The van der Waals surface area contributed by atoms with Crippen molar-refractivity contribution in [2.45, 2.75) is 108 Å². The molecule has 1 amide bonds. The zero-order valence-corrected chi connectivity index (χ0v) is 36.4. The molecule has 1 heterocycles. The minimum absolute atomic E-state index is 0.00897. The summed E-state index contributed by atoms with van der Waals surface area (Å²) in [5.41, 5.74) is -7.16. The molecule has 0 radical (unpaired) electrons. The van der Waals surface area contributed by atoms with Crippen LogP contribution in [0.4, 0.5) is 0 Å². The molecule has 2 saturated carbocycles. The van der Waals surface area contributed by atoms with Gasteiger partial charge in [0.2, 0.25) is 0 Å². The second kappa shape index (κ2) is 17.5. The van der Waals surface area contributed by atoms with E-state index in [1.165, 1.54) is 32.1 Å². The topological polar surface area (TPSA) is 221 Å². The minimum Gasteiger partial charge on any atom is -0.456 e. The molecule has 1 aliphatic heterocycles. The number of hydrogen-bond acceptors (Lipinski definition) is 14. The molecule has 3 aromatic carbocycles. The fraction of sp³-hybridized carbons (Fsp3) is 0.429. The average Bonchev–Trinajstić information content (AvgIpc) is 3.27. The highest BCUT2D eigenvalue weighted by atomic mass is 16.6. The van der Waals surface area contributed by atoms with Gasteiger partial charge in [-0.25, -0.2) is 14.4 Å². The van der Waals surface area contributed by atoms with Crippen LogP contribution in [0.15, 0.2) is 114 Å². The molecule has 4 aliphatic rings. The quantitative estimate of drug-likeness (QED) is 0.0914. The first-order valence-electron chi connectivity index (χ1n) is 21.2. The van der Waals surface area contributed by atoms with E-state index in [1.807, 2.05) is 0 Å². The maximum absolute atomic E-state index is 15.6. The Kier molecular flexibility index (Phi) is 12.6. The van der Waals surface area contributed by atoms with Crippen molar-refractivity contribution >= 4 is 35.6 Å². The van der Waals surface area contributed by atoms with Crippen molar-refractivity contribution in [2.24, 2.45) is 16.7 Å². The van der Waals surface area contributed by atoms with E-state index in [4.69, 9.17) is 23.7 Å². The molecule has 3 aromatic rings. The lowest BCUT2D eigenvalue weighted by molar-refractivity contribution is -0.345. The number of carbonyl (C=O) groups excluding carboxylic acids is 6. The van der Waals surface area contributed by atoms with Crippen molar-refractivity contribution in [3.63, 3.8) is 0 Å². The number of aliphatic hydroxyl groups excluding tert-OH is 2. The van der Waals surface area contributed by atoms with Crippen LogP contribution in [0.25, 0.3) is 0 Å². The second-order valence-electron chi connectivity index (χ2n) is 17.7. The van der Waals surface area contributed by atoms with Crippen LogP contribution in [0.3, 0.4) is 0 Å². The normalized spacial score (nSPS) is 31.4. The molecule has 15 heteroatoms. The number of nitrogens with one attached hydrogen (secondary N) is 1. The highest BCUT2D eigenvalue weighted by Gasteiger charge is 2.78. The predicted octanol–water partition coefficient (Wildman–Crippen LogP) is 4.29. The van der Waals surface area contributed by atoms with Gasteiger partial charge in [0, 0.05) is 36.8 Å². The van der Waals surface area contributed by atoms with Crippen molar-refractivity contribution in [1.29, 1.82) is 0 Å². The minimum atomic E-state index is -2.41. The fourth-order valence-electron chi connectivity index (χ4n) is 10.3. The van der Waals surface area contributed by atoms with Gasteiger partial charge < -0.3 is 44.3 Å². The summed E-state index contributed by atoms with van der Waals surface area (Å²) in [6, 6.07) is 22.9. The first-order valence-corrected chi connectivity index (χ1v) is 21.2. The van der Waals surface area contributed by atoms with Crippen LogP contribution in [0.5, 0.6) is 0 Å². The summed E-state index contributed by atoms with van der Waals surface area (Å²) < 4.78 is 30.6. The van der Waals surface area contributed by atoms with E-state index in [9.17, 15) is 39.3 Å². The molecular weight excluding hydrogens is 827 g/mol. The molecule has 338 valence electrons. The Morgan fingerprint density at radius 1 is 0.875 bits per heavy atom. The van der Waals surface area contributed by atoms with E-state index in [-0.39, 0.29) is 35.3 Å². The third kappa shape index (κ3) is 7.73. The Labute approximate surface area is 370 Å². The molecule has 0 aromatic heterocycles. The highest BCUT2D eigenvalue weighted by Crippen LogP contribution is 2.64. The number of fused-ring (bicyclic) bond motifs is 5. The van der Waals surface area contributed by atoms with E-state index < -0.39 is 113 Å². The van der Waals surface area contributed by atoms with Crippen LogP contribution in [-0.2, 0) is 42.9 Å². The molecule has 15 nitrogen and oxygen atoms in total. The molecular formula is C49H53NO14. The smallest absolute Gasteiger partial charge is 0.338 e. The molecule has 0 spiro atoms. The van der Waals surface area contributed by atoms with Gasteiger partial charge >= 0.3 is 23.9 Å². The number of ketones is 1. The van der Waals surface area contributed by atoms with Crippen molar-refractivity contribution in [3.05, 3.63) is 131 Å². The molecule has 3 aliphatic carbocycles. The Morgan fingerprint density at radius 3 is 2.03 bits per heavy atom. The Bertz CT molecular complexity index is 2370. The summed E-state index contributed by atoms with van der Waals surface area (Å²) in [5, 5.41) is 40.5. The summed E-state index contributed by atoms with van der Waals surface area (Å²) in [6.07, 6.45) is -8.06. The van der Waals surface area contributed by atoms with Gasteiger partial charge in [0.25, 0.3) is 5.91 Å². The van der Waals surface area contributed by atoms with Gasteiger partial charge in [-0.05, 0) is 61.7 Å². The zero-order valence-electron chi connectivity index (χ0n) is 36.4. The first-order chi connectivity index (χ1) is 30.3. The lowest BCUT2D eigenvalue weighted by atomic mass is 9.44. The van der Waals surface area contributed by atoms with Gasteiger partial charge in [0.15, 0.2) is 23.6 Å². The van der Waals surface area contributed by atoms with Gasteiger partial charge in [-0.3, -0.25) is 14.4 Å². The number of aliphatic hydroxyl groups is 3. The number of hydrogen-bond donors (Lipinski definition) is 4. The largest absolute Gasteiger partial charge is 0.456 e. The Balaban J connectivity index is 1.40. The molecule has 64 heavy (non-hydrogen) atoms. The van der Waals surface area contributed by atoms with Crippen molar-refractivity contribution in [3.8, 4) is 0 Å². The standard InChI is InChI=1S/C49H53NO14/c1-7-17-35(53)64-48-26-60-34(48)24-33(52)47(6)40(48)42(63-44(57)31-22-15-10-16-23-31)49(59)25-32(27(2)36(46(49,4)5)39(41(47)55)61-28(3)51)62-45(58)38(54)37(29-18-11-8-12-19-29)50-43(56)30-20-13-9-14-21-30/h7-23,32-34,37-40,42,52,54,59H,24-26H2,1-6H3,(H,50,56)/b17-7+/t32-,33-,34+,37-,38+,39+,40-,42-,47+,48-,49+/m0/s1. The maximum Gasteiger partial charge on any atom is 0.338 e. The molecule has 1 saturated heterocycles. The number of carbonyl (C=O) groups is 6. The molecule has 11 atom stereocenters. The maximum atomic E-state index is 15.6. The summed E-state index contributed by atoms with van der Waals surface area (Å²) in [6.45, 7) is 8.39.